The smallest absolute Gasteiger partial charge is 0.121 e. The van der Waals surface area contributed by atoms with Crippen molar-refractivity contribution in [3.05, 3.63) is 22.4 Å². The molecule has 2 aliphatic heterocycles. The monoisotopic (exact) mass is 239 g/mol. The molecule has 0 spiro atoms. The summed E-state index contributed by atoms with van der Waals surface area (Å²) in [6.07, 6.45) is 2.11. The fourth-order valence-electron chi connectivity index (χ4n) is 1.93. The Balaban J connectivity index is 2.11. The summed E-state index contributed by atoms with van der Waals surface area (Å²) in [4.78, 5) is 2.25. The van der Waals surface area contributed by atoms with Crippen molar-refractivity contribution in [2.45, 2.75) is 13.1 Å². The molecular weight excluding hydrogens is 226 g/mol. The number of hydrogen-bond acceptors (Lipinski definition) is 4. The number of rotatable bonds is 1. The molecule has 2 rings (SSSR count). The SMILES string of the molecule is CC1=CC(N2CCOCC2)NC(Cl)=C1C#N. The zero-order valence-corrected chi connectivity index (χ0v) is 9.92. The first-order valence-electron chi connectivity index (χ1n) is 5.29. The van der Waals surface area contributed by atoms with Crippen molar-refractivity contribution in [1.29, 1.82) is 5.26 Å². The highest BCUT2D eigenvalue weighted by atomic mass is 35.5. The molecule has 1 saturated heterocycles. The molecule has 0 bridgehead atoms. The highest BCUT2D eigenvalue weighted by Gasteiger charge is 2.24. The molecule has 4 nitrogen and oxygen atoms in total. The lowest BCUT2D eigenvalue weighted by Gasteiger charge is -2.35. The number of hydrogen-bond donors (Lipinski definition) is 1. The molecule has 0 saturated carbocycles. The van der Waals surface area contributed by atoms with Crippen LogP contribution in [0.15, 0.2) is 22.4 Å². The first-order chi connectivity index (χ1) is 7.72. The first kappa shape index (κ1) is 11.5. The fourth-order valence-corrected chi connectivity index (χ4v) is 2.23. The molecule has 0 aromatic carbocycles. The molecule has 2 heterocycles. The summed E-state index contributed by atoms with van der Waals surface area (Å²) in [5.74, 6) is 0. The van der Waals surface area contributed by atoms with Gasteiger partial charge in [-0.15, -0.1) is 0 Å². The normalized spacial score (nSPS) is 27.1. The lowest BCUT2D eigenvalue weighted by Crippen LogP contribution is -2.50. The second-order valence-corrected chi connectivity index (χ2v) is 4.27. The van der Waals surface area contributed by atoms with Gasteiger partial charge in [0.15, 0.2) is 0 Å². The molecule has 0 radical (unpaired) electrons. The largest absolute Gasteiger partial charge is 0.379 e. The molecule has 0 aromatic heterocycles. The van der Waals surface area contributed by atoms with Crippen molar-refractivity contribution in [2.75, 3.05) is 26.3 Å². The highest BCUT2D eigenvalue weighted by Crippen LogP contribution is 2.22. The predicted octanol–water partition coefficient (Wildman–Crippen LogP) is 1.17. The summed E-state index contributed by atoms with van der Waals surface area (Å²) in [6.45, 7) is 5.17. The number of dihydropyridines is 1. The average molecular weight is 240 g/mol. The molecule has 1 unspecified atom stereocenters. The van der Waals surface area contributed by atoms with E-state index >= 15 is 0 Å². The zero-order valence-electron chi connectivity index (χ0n) is 9.16. The third-order valence-corrected chi connectivity index (χ3v) is 3.15. The van der Waals surface area contributed by atoms with Gasteiger partial charge in [-0.1, -0.05) is 11.6 Å². The van der Waals surface area contributed by atoms with Gasteiger partial charge in [-0.3, -0.25) is 4.90 Å². The summed E-state index contributed by atoms with van der Waals surface area (Å²) in [6, 6.07) is 2.10. The van der Waals surface area contributed by atoms with Gasteiger partial charge in [-0.05, 0) is 18.6 Å². The molecule has 5 heteroatoms. The topological polar surface area (TPSA) is 48.3 Å². The number of morpholine rings is 1. The summed E-state index contributed by atoms with van der Waals surface area (Å²) in [5.41, 5.74) is 1.47. The molecule has 0 aliphatic carbocycles. The molecule has 1 atom stereocenters. The van der Waals surface area contributed by atoms with Crippen molar-refractivity contribution in [2.24, 2.45) is 0 Å². The molecular formula is C11H14ClN3O. The minimum absolute atomic E-state index is 0.0773. The van der Waals surface area contributed by atoms with Gasteiger partial charge in [0.2, 0.25) is 0 Å². The molecule has 1 fully saturated rings. The number of nitrogens with one attached hydrogen (secondary N) is 1. The van der Waals surface area contributed by atoms with Crippen molar-refractivity contribution in [3.63, 3.8) is 0 Å². The van der Waals surface area contributed by atoms with Crippen molar-refractivity contribution in [1.82, 2.24) is 10.2 Å². The fraction of sp³-hybridized carbons (Fsp3) is 0.545. The first-order valence-corrected chi connectivity index (χ1v) is 5.67. The van der Waals surface area contributed by atoms with Crippen LogP contribution in [-0.2, 0) is 4.74 Å². The third-order valence-electron chi connectivity index (χ3n) is 2.85. The van der Waals surface area contributed by atoms with Gasteiger partial charge in [0.1, 0.15) is 17.4 Å². The Hall–Kier alpha value is -1.02. The van der Waals surface area contributed by atoms with E-state index in [-0.39, 0.29) is 6.17 Å². The van der Waals surface area contributed by atoms with E-state index in [1.165, 1.54) is 0 Å². The van der Waals surface area contributed by atoms with E-state index in [1.807, 2.05) is 13.0 Å². The Kier molecular flexibility index (Phi) is 3.49. The predicted molar refractivity (Wildman–Crippen MR) is 61.6 cm³/mol. The Morgan fingerprint density at radius 3 is 2.81 bits per heavy atom. The van der Waals surface area contributed by atoms with E-state index in [2.05, 4.69) is 16.3 Å². The maximum absolute atomic E-state index is 8.92. The van der Waals surface area contributed by atoms with E-state index in [9.17, 15) is 0 Å². The van der Waals surface area contributed by atoms with Crippen molar-refractivity contribution < 1.29 is 4.74 Å². The van der Waals surface area contributed by atoms with E-state index in [0.717, 1.165) is 31.9 Å². The van der Waals surface area contributed by atoms with E-state index in [1.54, 1.807) is 0 Å². The maximum Gasteiger partial charge on any atom is 0.121 e. The third kappa shape index (κ3) is 2.22. The highest BCUT2D eigenvalue weighted by molar-refractivity contribution is 6.30. The van der Waals surface area contributed by atoms with E-state index in [4.69, 9.17) is 21.6 Å². The van der Waals surface area contributed by atoms with Gasteiger partial charge in [0, 0.05) is 13.1 Å². The molecule has 0 aromatic rings. The van der Waals surface area contributed by atoms with Crippen LogP contribution in [0.3, 0.4) is 0 Å². The Morgan fingerprint density at radius 2 is 2.25 bits per heavy atom. The minimum Gasteiger partial charge on any atom is -0.379 e. The van der Waals surface area contributed by atoms with Crippen LogP contribution in [0.2, 0.25) is 0 Å². The molecule has 2 aliphatic rings. The standard InChI is InChI=1S/C11H14ClN3O/c1-8-6-10(14-11(12)9(8)7-13)15-2-4-16-5-3-15/h6,10,14H,2-5H2,1H3. The molecule has 1 N–H and O–H groups in total. The molecule has 0 amide bonds. The lowest BCUT2D eigenvalue weighted by atomic mass is 10.1. The minimum atomic E-state index is 0.0773. The summed E-state index contributed by atoms with van der Waals surface area (Å²) in [7, 11) is 0. The number of nitriles is 1. The van der Waals surface area contributed by atoms with Crippen LogP contribution in [0.5, 0.6) is 0 Å². The Labute approximate surface area is 100 Å². The second kappa shape index (κ2) is 4.88. The number of nitrogens with zero attached hydrogens (tertiary/aromatic N) is 2. The number of ether oxygens (including phenoxy) is 1. The van der Waals surface area contributed by atoms with Crippen LogP contribution in [0.25, 0.3) is 0 Å². The summed E-state index contributed by atoms with van der Waals surface area (Å²) < 4.78 is 5.30. The second-order valence-electron chi connectivity index (χ2n) is 3.89. The van der Waals surface area contributed by atoms with Crippen molar-refractivity contribution >= 4 is 11.6 Å². The van der Waals surface area contributed by atoms with Crippen LogP contribution in [-0.4, -0.2) is 37.4 Å². The Morgan fingerprint density at radius 1 is 1.56 bits per heavy atom. The molecule has 16 heavy (non-hydrogen) atoms. The lowest BCUT2D eigenvalue weighted by molar-refractivity contribution is 0.0213. The molecule has 86 valence electrons. The van der Waals surface area contributed by atoms with Gasteiger partial charge in [0.25, 0.3) is 0 Å². The van der Waals surface area contributed by atoms with Crippen LogP contribution >= 0.6 is 11.6 Å². The van der Waals surface area contributed by atoms with Gasteiger partial charge < -0.3 is 10.1 Å². The van der Waals surface area contributed by atoms with E-state index in [0.29, 0.717) is 10.7 Å². The van der Waals surface area contributed by atoms with Gasteiger partial charge >= 0.3 is 0 Å². The van der Waals surface area contributed by atoms with Crippen molar-refractivity contribution in [3.8, 4) is 6.07 Å². The Bertz CT molecular complexity index is 377. The number of allylic oxidation sites excluding steroid dienone is 2. The van der Waals surface area contributed by atoms with Gasteiger partial charge in [0.05, 0.1) is 18.8 Å². The van der Waals surface area contributed by atoms with Crippen LogP contribution in [0.4, 0.5) is 0 Å². The van der Waals surface area contributed by atoms with Crippen LogP contribution in [0.1, 0.15) is 6.92 Å². The summed E-state index contributed by atoms with van der Waals surface area (Å²) >= 11 is 6.04. The van der Waals surface area contributed by atoms with Gasteiger partial charge in [-0.25, -0.2) is 0 Å². The van der Waals surface area contributed by atoms with Crippen LogP contribution < -0.4 is 5.32 Å². The van der Waals surface area contributed by atoms with Crippen LogP contribution in [0, 0.1) is 11.3 Å². The quantitative estimate of drug-likeness (QED) is 0.698. The van der Waals surface area contributed by atoms with Gasteiger partial charge in [-0.2, -0.15) is 5.26 Å². The maximum atomic E-state index is 8.92. The zero-order chi connectivity index (χ0) is 11.5. The average Bonchev–Trinajstić information content (AvgIpc) is 2.30. The summed E-state index contributed by atoms with van der Waals surface area (Å²) in [5, 5.41) is 12.5. The van der Waals surface area contributed by atoms with E-state index < -0.39 is 0 Å². The number of halogens is 1.